The quantitative estimate of drug-likeness (QED) is 0.620. The first-order valence-electron chi connectivity index (χ1n) is 6.15. The number of aliphatic carboxylic acids is 1. The predicted octanol–water partition coefficient (Wildman–Crippen LogP) is -0.487. The second kappa shape index (κ2) is 7.84. The number of sulfone groups is 1. The van der Waals surface area contributed by atoms with E-state index in [2.05, 4.69) is 5.32 Å². The Labute approximate surface area is 122 Å². The summed E-state index contributed by atoms with van der Waals surface area (Å²) in [5, 5.41) is 11.2. The molecular weight excluding hydrogens is 306 g/mol. The van der Waals surface area contributed by atoms with Gasteiger partial charge in [0, 0.05) is 18.9 Å². The topological polar surface area (TPSA) is 110 Å². The standard InChI is InChI=1S/C11H19NO6S2/c1-18-8(4-11(14)15)5-12-10(13)6-19-9-2-3-20(16,17)7-9/h8-9H,2-7H2,1H3,(H,12,13)(H,14,15). The average Bonchev–Trinajstić information content (AvgIpc) is 2.71. The fourth-order valence-electron chi connectivity index (χ4n) is 1.80. The van der Waals surface area contributed by atoms with Crippen LogP contribution in [0.5, 0.6) is 0 Å². The van der Waals surface area contributed by atoms with Crippen LogP contribution in [0.2, 0.25) is 0 Å². The van der Waals surface area contributed by atoms with E-state index in [0.29, 0.717) is 6.42 Å². The molecule has 0 aromatic heterocycles. The zero-order chi connectivity index (χ0) is 15.2. The van der Waals surface area contributed by atoms with E-state index in [-0.39, 0.29) is 41.4 Å². The summed E-state index contributed by atoms with van der Waals surface area (Å²) in [5.41, 5.74) is 0. The van der Waals surface area contributed by atoms with Gasteiger partial charge in [0.15, 0.2) is 9.84 Å². The lowest BCUT2D eigenvalue weighted by atomic mass is 10.2. The minimum Gasteiger partial charge on any atom is -0.481 e. The normalized spacial score (nSPS) is 22.4. The van der Waals surface area contributed by atoms with Crippen LogP contribution in [0, 0.1) is 0 Å². The first-order chi connectivity index (χ1) is 9.32. The molecule has 1 heterocycles. The van der Waals surface area contributed by atoms with Crippen LogP contribution in [-0.4, -0.2) is 67.7 Å². The number of ether oxygens (including phenoxy) is 1. The van der Waals surface area contributed by atoms with Crippen LogP contribution in [0.25, 0.3) is 0 Å². The second-order valence-corrected chi connectivity index (χ2v) is 8.11. The van der Waals surface area contributed by atoms with Gasteiger partial charge in [0.05, 0.1) is 29.8 Å². The van der Waals surface area contributed by atoms with Gasteiger partial charge in [0.25, 0.3) is 0 Å². The molecular formula is C11H19NO6S2. The summed E-state index contributed by atoms with van der Waals surface area (Å²) in [7, 11) is -1.54. The maximum atomic E-state index is 11.6. The highest BCUT2D eigenvalue weighted by Crippen LogP contribution is 2.23. The summed E-state index contributed by atoms with van der Waals surface area (Å²) in [6.45, 7) is 0.130. The highest BCUT2D eigenvalue weighted by atomic mass is 32.2. The van der Waals surface area contributed by atoms with Gasteiger partial charge < -0.3 is 15.2 Å². The van der Waals surface area contributed by atoms with Gasteiger partial charge in [-0.15, -0.1) is 11.8 Å². The number of rotatable bonds is 8. The Morgan fingerprint density at radius 2 is 2.20 bits per heavy atom. The third kappa shape index (κ3) is 6.58. The van der Waals surface area contributed by atoms with Crippen LogP contribution in [0.4, 0.5) is 0 Å². The van der Waals surface area contributed by atoms with Crippen LogP contribution >= 0.6 is 11.8 Å². The van der Waals surface area contributed by atoms with E-state index in [4.69, 9.17) is 9.84 Å². The first-order valence-corrected chi connectivity index (χ1v) is 9.02. The lowest BCUT2D eigenvalue weighted by Crippen LogP contribution is -2.35. The van der Waals surface area contributed by atoms with Crippen molar-refractivity contribution < 1.29 is 27.9 Å². The highest BCUT2D eigenvalue weighted by molar-refractivity contribution is 8.02. The number of nitrogens with one attached hydrogen (secondary N) is 1. The van der Waals surface area contributed by atoms with E-state index in [9.17, 15) is 18.0 Å². The molecule has 116 valence electrons. The molecule has 1 saturated heterocycles. The predicted molar refractivity (Wildman–Crippen MR) is 75.6 cm³/mol. The van der Waals surface area contributed by atoms with Crippen LogP contribution in [-0.2, 0) is 24.2 Å². The molecule has 0 aromatic rings. The summed E-state index contributed by atoms with van der Waals surface area (Å²) >= 11 is 1.32. The Morgan fingerprint density at radius 3 is 2.70 bits per heavy atom. The molecule has 2 N–H and O–H groups in total. The summed E-state index contributed by atoms with van der Waals surface area (Å²) < 4.78 is 27.4. The lowest BCUT2D eigenvalue weighted by Gasteiger charge is -2.14. The number of methoxy groups -OCH3 is 1. The molecule has 9 heteroatoms. The minimum atomic E-state index is -2.92. The molecule has 0 aromatic carbocycles. The van der Waals surface area contributed by atoms with Crippen LogP contribution < -0.4 is 5.32 Å². The van der Waals surface area contributed by atoms with Gasteiger partial charge in [-0.05, 0) is 6.42 Å². The first kappa shape index (κ1) is 17.3. The van der Waals surface area contributed by atoms with E-state index < -0.39 is 21.9 Å². The van der Waals surface area contributed by atoms with E-state index in [1.807, 2.05) is 0 Å². The van der Waals surface area contributed by atoms with E-state index in [1.165, 1.54) is 18.9 Å². The fraction of sp³-hybridized carbons (Fsp3) is 0.818. The Hall–Kier alpha value is -0.800. The van der Waals surface area contributed by atoms with Crippen LogP contribution in [0.3, 0.4) is 0 Å². The number of hydrogen-bond acceptors (Lipinski definition) is 6. The van der Waals surface area contributed by atoms with Gasteiger partial charge >= 0.3 is 5.97 Å². The molecule has 20 heavy (non-hydrogen) atoms. The van der Waals surface area contributed by atoms with Crippen LogP contribution in [0.15, 0.2) is 0 Å². The fourth-order valence-corrected chi connectivity index (χ4v) is 5.27. The Balaban J connectivity index is 2.22. The molecule has 0 spiro atoms. The zero-order valence-electron chi connectivity index (χ0n) is 11.2. The molecule has 7 nitrogen and oxygen atoms in total. The SMILES string of the molecule is COC(CNC(=O)CSC1CCS(=O)(=O)C1)CC(=O)O. The molecule has 2 atom stereocenters. The molecule has 0 saturated carbocycles. The van der Waals surface area contributed by atoms with E-state index in [0.717, 1.165) is 0 Å². The van der Waals surface area contributed by atoms with Crippen molar-refractivity contribution in [3.8, 4) is 0 Å². The average molecular weight is 325 g/mol. The third-order valence-electron chi connectivity index (χ3n) is 2.90. The van der Waals surface area contributed by atoms with Gasteiger partial charge in [-0.1, -0.05) is 0 Å². The highest BCUT2D eigenvalue weighted by Gasteiger charge is 2.28. The van der Waals surface area contributed by atoms with Crippen molar-refractivity contribution in [1.29, 1.82) is 0 Å². The van der Waals surface area contributed by atoms with E-state index in [1.54, 1.807) is 0 Å². The third-order valence-corrected chi connectivity index (χ3v) is 6.18. The molecule has 1 aliphatic heterocycles. The number of carboxylic acids is 1. The molecule has 0 radical (unpaired) electrons. The number of amides is 1. The Bertz CT molecular complexity index is 450. The molecule has 2 unspecified atom stereocenters. The molecule has 0 aliphatic carbocycles. The number of hydrogen-bond donors (Lipinski definition) is 2. The van der Waals surface area contributed by atoms with Gasteiger partial charge in [0.1, 0.15) is 0 Å². The smallest absolute Gasteiger partial charge is 0.306 e. The molecule has 1 aliphatic rings. The molecule has 1 amide bonds. The Morgan fingerprint density at radius 1 is 1.50 bits per heavy atom. The summed E-state index contributed by atoms with van der Waals surface area (Å²) in [6, 6.07) is 0. The van der Waals surface area contributed by atoms with Crippen molar-refractivity contribution in [2.45, 2.75) is 24.2 Å². The molecule has 1 rings (SSSR count). The van der Waals surface area contributed by atoms with Gasteiger partial charge in [-0.3, -0.25) is 9.59 Å². The summed E-state index contributed by atoms with van der Waals surface area (Å²) in [5.74, 6) is -0.742. The Kier molecular flexibility index (Phi) is 6.77. The molecule has 1 fully saturated rings. The monoisotopic (exact) mass is 325 g/mol. The van der Waals surface area contributed by atoms with E-state index >= 15 is 0 Å². The van der Waals surface area contributed by atoms with Crippen molar-refractivity contribution in [1.82, 2.24) is 5.32 Å². The van der Waals surface area contributed by atoms with Crippen molar-refractivity contribution in [3.05, 3.63) is 0 Å². The van der Waals surface area contributed by atoms with Crippen molar-refractivity contribution in [2.24, 2.45) is 0 Å². The zero-order valence-corrected chi connectivity index (χ0v) is 12.8. The maximum Gasteiger partial charge on any atom is 0.306 e. The number of thioether (sulfide) groups is 1. The summed E-state index contributed by atoms with van der Waals surface area (Å²) in [4.78, 5) is 22.1. The second-order valence-electron chi connectivity index (χ2n) is 4.60. The minimum absolute atomic E-state index is 0.0250. The maximum absolute atomic E-state index is 11.6. The van der Waals surface area contributed by atoms with Crippen molar-refractivity contribution >= 4 is 33.5 Å². The number of carboxylic acid groups (broad SMARTS) is 1. The lowest BCUT2D eigenvalue weighted by molar-refractivity contribution is -0.140. The number of carbonyl (C=O) groups excluding carboxylic acids is 1. The van der Waals surface area contributed by atoms with Gasteiger partial charge in [-0.25, -0.2) is 8.42 Å². The largest absolute Gasteiger partial charge is 0.481 e. The number of carbonyl (C=O) groups is 2. The van der Waals surface area contributed by atoms with Crippen LogP contribution in [0.1, 0.15) is 12.8 Å². The molecule has 0 bridgehead atoms. The van der Waals surface area contributed by atoms with Gasteiger partial charge in [-0.2, -0.15) is 0 Å². The summed E-state index contributed by atoms with van der Waals surface area (Å²) in [6.07, 6.45) is -0.154. The van der Waals surface area contributed by atoms with Crippen molar-refractivity contribution in [3.63, 3.8) is 0 Å². The van der Waals surface area contributed by atoms with Gasteiger partial charge in [0.2, 0.25) is 5.91 Å². The van der Waals surface area contributed by atoms with Crippen molar-refractivity contribution in [2.75, 3.05) is 30.9 Å².